The van der Waals surface area contributed by atoms with E-state index in [9.17, 15) is 30.0 Å². The molecular formula is C19H26O8. The van der Waals surface area contributed by atoms with E-state index in [4.69, 9.17) is 9.47 Å². The lowest BCUT2D eigenvalue weighted by Gasteiger charge is -2.62. The van der Waals surface area contributed by atoms with Crippen molar-refractivity contribution < 1.29 is 39.5 Å². The predicted molar refractivity (Wildman–Crippen MR) is 90.0 cm³/mol. The lowest BCUT2D eigenvalue weighted by molar-refractivity contribution is -0.313. The Morgan fingerprint density at radius 1 is 1.11 bits per heavy atom. The summed E-state index contributed by atoms with van der Waals surface area (Å²) < 4.78 is 11.0. The molecule has 0 amide bonds. The Hall–Kier alpha value is -1.48. The average molecular weight is 382 g/mol. The third-order valence-electron chi connectivity index (χ3n) is 7.90. The molecule has 10 unspecified atom stereocenters. The van der Waals surface area contributed by atoms with Crippen LogP contribution in [0, 0.1) is 22.7 Å². The van der Waals surface area contributed by atoms with Gasteiger partial charge in [0.25, 0.3) is 0 Å². The molecule has 8 heteroatoms. The van der Waals surface area contributed by atoms with Crippen molar-refractivity contribution in [3.05, 3.63) is 11.6 Å². The van der Waals surface area contributed by atoms with E-state index < -0.39 is 70.7 Å². The molecule has 4 aliphatic rings. The Labute approximate surface area is 156 Å². The van der Waals surface area contributed by atoms with Crippen LogP contribution >= 0.6 is 0 Å². The molecule has 150 valence electrons. The molecule has 27 heavy (non-hydrogen) atoms. The maximum Gasteiger partial charge on any atom is 0.338 e. The molecule has 2 saturated carbocycles. The summed E-state index contributed by atoms with van der Waals surface area (Å²) in [7, 11) is 0. The Morgan fingerprint density at radius 3 is 2.30 bits per heavy atom. The van der Waals surface area contributed by atoms with Crippen LogP contribution in [0.1, 0.15) is 34.1 Å². The minimum absolute atomic E-state index is 0.217. The molecule has 2 aliphatic heterocycles. The summed E-state index contributed by atoms with van der Waals surface area (Å²) in [6.45, 7) is 6.72. The lowest BCUT2D eigenvalue weighted by Crippen LogP contribution is -2.77. The van der Waals surface area contributed by atoms with Crippen LogP contribution in [0.4, 0.5) is 0 Å². The summed E-state index contributed by atoms with van der Waals surface area (Å²) in [5, 5.41) is 43.8. The number of esters is 2. The van der Waals surface area contributed by atoms with E-state index >= 15 is 0 Å². The molecule has 8 nitrogen and oxygen atoms in total. The maximum atomic E-state index is 12.3. The van der Waals surface area contributed by atoms with Gasteiger partial charge in [0.1, 0.15) is 17.8 Å². The summed E-state index contributed by atoms with van der Waals surface area (Å²) in [6.07, 6.45) is -4.36. The van der Waals surface area contributed by atoms with Gasteiger partial charge in [-0.05, 0) is 18.9 Å². The van der Waals surface area contributed by atoms with Crippen molar-refractivity contribution in [3.63, 3.8) is 0 Å². The van der Waals surface area contributed by atoms with E-state index in [1.165, 1.54) is 13.0 Å². The van der Waals surface area contributed by atoms with Crippen molar-refractivity contribution in [2.24, 2.45) is 22.7 Å². The SMILES string of the molecule is CC1=CC(=O)OC1C1(C)CC2OC(=O)C(O)C3(O)C(C)C(O)C(O)C1C23C. The van der Waals surface area contributed by atoms with E-state index in [0.29, 0.717) is 5.57 Å². The van der Waals surface area contributed by atoms with Gasteiger partial charge in [-0.2, -0.15) is 0 Å². The topological polar surface area (TPSA) is 134 Å². The fourth-order valence-corrected chi connectivity index (χ4v) is 6.64. The van der Waals surface area contributed by atoms with Crippen LogP contribution in [0.15, 0.2) is 11.6 Å². The van der Waals surface area contributed by atoms with E-state index in [1.54, 1.807) is 20.8 Å². The molecule has 0 aromatic carbocycles. The quantitative estimate of drug-likeness (QED) is 0.437. The largest absolute Gasteiger partial charge is 0.460 e. The molecule has 10 atom stereocenters. The zero-order chi connectivity index (χ0) is 20.1. The number of aliphatic hydroxyl groups excluding tert-OH is 3. The first-order chi connectivity index (χ1) is 12.4. The van der Waals surface area contributed by atoms with Gasteiger partial charge in [-0.3, -0.25) is 0 Å². The van der Waals surface area contributed by atoms with E-state index in [2.05, 4.69) is 0 Å². The number of hydrogen-bond acceptors (Lipinski definition) is 8. The summed E-state index contributed by atoms with van der Waals surface area (Å²) in [5.74, 6) is -3.20. The maximum absolute atomic E-state index is 12.3. The first-order valence-corrected chi connectivity index (χ1v) is 9.26. The van der Waals surface area contributed by atoms with Crippen molar-refractivity contribution in [2.45, 2.75) is 70.2 Å². The second-order valence-corrected chi connectivity index (χ2v) is 9.10. The molecule has 0 aromatic heterocycles. The smallest absolute Gasteiger partial charge is 0.338 e. The minimum atomic E-state index is -1.99. The first-order valence-electron chi connectivity index (χ1n) is 9.26. The highest BCUT2D eigenvalue weighted by molar-refractivity contribution is 5.86. The normalized spacial score (nSPS) is 57.0. The third-order valence-corrected chi connectivity index (χ3v) is 7.90. The summed E-state index contributed by atoms with van der Waals surface area (Å²) in [5.41, 5.74) is -3.47. The van der Waals surface area contributed by atoms with Gasteiger partial charge in [-0.1, -0.05) is 20.8 Å². The number of carbonyl (C=O) groups excluding carboxylic acids is 2. The molecular weight excluding hydrogens is 356 g/mol. The highest BCUT2D eigenvalue weighted by Gasteiger charge is 2.80. The number of ether oxygens (including phenoxy) is 2. The van der Waals surface area contributed by atoms with Crippen LogP contribution in [-0.2, 0) is 19.1 Å². The summed E-state index contributed by atoms with van der Waals surface area (Å²) >= 11 is 0. The molecule has 1 saturated heterocycles. The van der Waals surface area contributed by atoms with Crippen LogP contribution in [0.25, 0.3) is 0 Å². The first kappa shape index (κ1) is 18.9. The van der Waals surface area contributed by atoms with Gasteiger partial charge in [-0.25, -0.2) is 9.59 Å². The Balaban J connectivity index is 1.91. The minimum Gasteiger partial charge on any atom is -0.460 e. The zero-order valence-corrected chi connectivity index (χ0v) is 15.7. The van der Waals surface area contributed by atoms with Gasteiger partial charge < -0.3 is 29.9 Å². The van der Waals surface area contributed by atoms with Crippen LogP contribution in [-0.4, -0.2) is 68.5 Å². The number of cyclic esters (lactones) is 1. The van der Waals surface area contributed by atoms with Gasteiger partial charge in [-0.15, -0.1) is 0 Å². The molecule has 0 bridgehead atoms. The molecule has 2 heterocycles. The standard InChI is InChI=1S/C19H26O8/c1-7-5-10(20)27-15(7)17(3)6-9-18(4)13(17)12(22)11(21)8(2)19(18,25)14(23)16(24)26-9/h5,8-9,11-15,21-23,25H,6H2,1-4H3. The molecule has 4 rings (SSSR count). The van der Waals surface area contributed by atoms with Gasteiger partial charge in [0.05, 0.1) is 12.2 Å². The van der Waals surface area contributed by atoms with Gasteiger partial charge >= 0.3 is 11.9 Å². The molecule has 3 fully saturated rings. The summed E-state index contributed by atoms with van der Waals surface area (Å²) in [4.78, 5) is 24.1. The van der Waals surface area contributed by atoms with E-state index in [1.807, 2.05) is 0 Å². The number of aliphatic hydroxyl groups is 4. The van der Waals surface area contributed by atoms with Crippen molar-refractivity contribution in [1.82, 2.24) is 0 Å². The molecule has 0 aromatic rings. The third kappa shape index (κ3) is 1.92. The average Bonchev–Trinajstić information content (AvgIpc) is 3.05. The van der Waals surface area contributed by atoms with E-state index in [-0.39, 0.29) is 6.42 Å². The van der Waals surface area contributed by atoms with Crippen molar-refractivity contribution in [3.8, 4) is 0 Å². The second-order valence-electron chi connectivity index (χ2n) is 9.10. The number of carbonyl (C=O) groups is 2. The Morgan fingerprint density at radius 2 is 1.74 bits per heavy atom. The molecule has 4 N–H and O–H groups in total. The van der Waals surface area contributed by atoms with Crippen molar-refractivity contribution in [1.29, 1.82) is 0 Å². The van der Waals surface area contributed by atoms with E-state index in [0.717, 1.165) is 0 Å². The molecule has 0 spiro atoms. The van der Waals surface area contributed by atoms with Crippen LogP contribution in [0.3, 0.4) is 0 Å². The monoisotopic (exact) mass is 382 g/mol. The highest BCUT2D eigenvalue weighted by atomic mass is 16.6. The van der Waals surface area contributed by atoms with Crippen LogP contribution in [0.5, 0.6) is 0 Å². The molecule has 0 radical (unpaired) electrons. The summed E-state index contributed by atoms with van der Waals surface area (Å²) in [6, 6.07) is 0. The lowest BCUT2D eigenvalue weighted by atomic mass is 9.48. The Kier molecular flexibility index (Phi) is 3.71. The van der Waals surface area contributed by atoms with Gasteiger partial charge in [0.2, 0.25) is 0 Å². The van der Waals surface area contributed by atoms with Crippen LogP contribution in [0.2, 0.25) is 0 Å². The van der Waals surface area contributed by atoms with Crippen molar-refractivity contribution >= 4 is 11.9 Å². The second kappa shape index (κ2) is 5.31. The van der Waals surface area contributed by atoms with Gasteiger partial charge in [0.15, 0.2) is 6.10 Å². The highest BCUT2D eigenvalue weighted by Crippen LogP contribution is 2.69. The zero-order valence-electron chi connectivity index (χ0n) is 15.7. The van der Waals surface area contributed by atoms with Gasteiger partial charge in [0, 0.05) is 28.7 Å². The number of rotatable bonds is 1. The van der Waals surface area contributed by atoms with Crippen molar-refractivity contribution in [2.75, 3.05) is 0 Å². The predicted octanol–water partition coefficient (Wildman–Crippen LogP) is -0.721. The number of hydrogen-bond donors (Lipinski definition) is 4. The fourth-order valence-electron chi connectivity index (χ4n) is 6.64. The Bertz CT molecular complexity index is 748. The van der Waals surface area contributed by atoms with Crippen LogP contribution < -0.4 is 0 Å². The fraction of sp³-hybridized carbons (Fsp3) is 0.789. The molecule has 2 aliphatic carbocycles.